The molecule has 120 valence electrons. The summed E-state index contributed by atoms with van der Waals surface area (Å²) in [6, 6.07) is 11.4. The first kappa shape index (κ1) is 14.8. The van der Waals surface area contributed by atoms with E-state index in [0.717, 1.165) is 30.9 Å². The summed E-state index contributed by atoms with van der Waals surface area (Å²) < 4.78 is 13.1. The van der Waals surface area contributed by atoms with Crippen LogP contribution in [0.4, 0.5) is 21.5 Å². The van der Waals surface area contributed by atoms with Gasteiger partial charge in [-0.25, -0.2) is 4.39 Å². The number of thioether (sulfide) groups is 1. The predicted molar refractivity (Wildman–Crippen MR) is 95.5 cm³/mol. The molecular formula is C18H20FN3S. The van der Waals surface area contributed by atoms with Gasteiger partial charge in [0, 0.05) is 34.8 Å². The molecule has 1 saturated heterocycles. The maximum absolute atomic E-state index is 13.1. The highest BCUT2D eigenvalue weighted by atomic mass is 32.2. The van der Waals surface area contributed by atoms with Crippen molar-refractivity contribution in [2.45, 2.75) is 23.3 Å². The van der Waals surface area contributed by atoms with Gasteiger partial charge < -0.3 is 16.0 Å². The van der Waals surface area contributed by atoms with Crippen molar-refractivity contribution in [3.05, 3.63) is 47.8 Å². The number of halogens is 1. The topological polar surface area (TPSA) is 36.1 Å². The quantitative estimate of drug-likeness (QED) is 0.739. The van der Waals surface area contributed by atoms with Crippen LogP contribution in [0.1, 0.15) is 17.9 Å². The molecule has 0 radical (unpaired) electrons. The molecule has 0 spiro atoms. The van der Waals surface area contributed by atoms with Crippen molar-refractivity contribution >= 4 is 28.8 Å². The molecule has 2 aliphatic heterocycles. The van der Waals surface area contributed by atoms with Crippen molar-refractivity contribution in [2.75, 3.05) is 30.0 Å². The van der Waals surface area contributed by atoms with Gasteiger partial charge in [-0.15, -0.1) is 11.8 Å². The fraction of sp³-hybridized carbons (Fsp3) is 0.333. The summed E-state index contributed by atoms with van der Waals surface area (Å²) in [6.45, 7) is 2.11. The van der Waals surface area contributed by atoms with Crippen molar-refractivity contribution in [2.24, 2.45) is 0 Å². The lowest BCUT2D eigenvalue weighted by Gasteiger charge is -2.26. The highest BCUT2D eigenvalue weighted by Gasteiger charge is 2.35. The van der Waals surface area contributed by atoms with Crippen LogP contribution in [-0.2, 0) is 0 Å². The molecule has 0 aromatic heterocycles. The number of anilines is 3. The highest BCUT2D eigenvalue weighted by molar-refractivity contribution is 7.98. The molecule has 2 aliphatic rings. The van der Waals surface area contributed by atoms with Gasteiger partial charge in [-0.05, 0) is 61.2 Å². The van der Waals surface area contributed by atoms with Crippen LogP contribution >= 0.6 is 11.8 Å². The van der Waals surface area contributed by atoms with E-state index in [0.29, 0.717) is 12.0 Å². The summed E-state index contributed by atoms with van der Waals surface area (Å²) in [5.74, 6) is 0.314. The zero-order chi connectivity index (χ0) is 15.8. The second kappa shape index (κ2) is 6.06. The minimum absolute atomic E-state index is 0.213. The molecule has 0 unspecified atom stereocenters. The lowest BCUT2D eigenvalue weighted by atomic mass is 9.90. The monoisotopic (exact) mass is 329 g/mol. The Morgan fingerprint density at radius 1 is 1.17 bits per heavy atom. The number of rotatable bonds is 3. The fourth-order valence-electron chi connectivity index (χ4n) is 3.56. The summed E-state index contributed by atoms with van der Waals surface area (Å²) in [4.78, 5) is 1.27. The SMILES string of the molecule is CSc1cc(Nc2ccc(F)cc2)cc2c1N[C@@H]1CCNC[C@H]21. The maximum atomic E-state index is 13.1. The first-order chi connectivity index (χ1) is 11.2. The van der Waals surface area contributed by atoms with Gasteiger partial charge >= 0.3 is 0 Å². The normalized spacial score (nSPS) is 22.2. The third-order valence-corrected chi connectivity index (χ3v) is 5.46. The van der Waals surface area contributed by atoms with Gasteiger partial charge in [-0.2, -0.15) is 0 Å². The second-order valence-corrected chi connectivity index (χ2v) is 6.97. The molecule has 5 heteroatoms. The van der Waals surface area contributed by atoms with E-state index in [2.05, 4.69) is 34.3 Å². The van der Waals surface area contributed by atoms with Crippen LogP contribution in [0, 0.1) is 5.82 Å². The van der Waals surface area contributed by atoms with Crippen LogP contribution in [0.5, 0.6) is 0 Å². The highest BCUT2D eigenvalue weighted by Crippen LogP contribution is 2.45. The third kappa shape index (κ3) is 2.79. The molecule has 3 N–H and O–H groups in total. The molecule has 0 bridgehead atoms. The van der Waals surface area contributed by atoms with Crippen LogP contribution in [0.15, 0.2) is 41.3 Å². The van der Waals surface area contributed by atoms with Gasteiger partial charge in [-0.1, -0.05) is 0 Å². The molecule has 1 fully saturated rings. The maximum Gasteiger partial charge on any atom is 0.123 e. The Labute approximate surface area is 140 Å². The molecule has 0 saturated carbocycles. The Bertz CT molecular complexity index is 717. The van der Waals surface area contributed by atoms with Crippen molar-refractivity contribution < 1.29 is 4.39 Å². The lowest BCUT2D eigenvalue weighted by Crippen LogP contribution is -2.38. The summed E-state index contributed by atoms with van der Waals surface area (Å²) in [5.41, 5.74) is 4.65. The van der Waals surface area contributed by atoms with Crippen molar-refractivity contribution in [1.29, 1.82) is 0 Å². The molecular weight excluding hydrogens is 309 g/mol. The van der Waals surface area contributed by atoms with E-state index < -0.39 is 0 Å². The van der Waals surface area contributed by atoms with Gasteiger partial charge in [0.25, 0.3) is 0 Å². The minimum atomic E-state index is -0.213. The van der Waals surface area contributed by atoms with E-state index in [1.165, 1.54) is 28.3 Å². The van der Waals surface area contributed by atoms with Gasteiger partial charge in [0.05, 0.1) is 5.69 Å². The first-order valence-electron chi connectivity index (χ1n) is 7.96. The number of nitrogens with one attached hydrogen (secondary N) is 3. The summed E-state index contributed by atoms with van der Waals surface area (Å²) in [6.07, 6.45) is 3.27. The lowest BCUT2D eigenvalue weighted by molar-refractivity contribution is 0.440. The Morgan fingerprint density at radius 2 is 2.00 bits per heavy atom. The van der Waals surface area contributed by atoms with Gasteiger partial charge in [0.15, 0.2) is 0 Å². The molecule has 4 rings (SSSR count). The predicted octanol–water partition coefficient (Wildman–Crippen LogP) is 4.16. The standard InChI is InChI=1S/C18H20FN3S/c1-23-17-9-13(21-12-4-2-11(19)3-5-12)8-14-15-10-20-7-6-16(15)22-18(14)17/h2-5,8-9,15-16,20-22H,6-7,10H2,1H3/t15-,16-/m1/s1. The van der Waals surface area contributed by atoms with E-state index in [9.17, 15) is 4.39 Å². The van der Waals surface area contributed by atoms with E-state index >= 15 is 0 Å². The molecule has 0 amide bonds. The smallest absolute Gasteiger partial charge is 0.123 e. The molecule has 2 aromatic rings. The van der Waals surface area contributed by atoms with Crippen LogP contribution in [0.25, 0.3) is 0 Å². The number of fused-ring (bicyclic) bond motifs is 3. The number of piperidine rings is 1. The molecule has 23 heavy (non-hydrogen) atoms. The fourth-order valence-corrected chi connectivity index (χ4v) is 4.19. The van der Waals surface area contributed by atoms with Gasteiger partial charge in [-0.3, -0.25) is 0 Å². The van der Waals surface area contributed by atoms with Gasteiger partial charge in [0.2, 0.25) is 0 Å². The van der Waals surface area contributed by atoms with Crippen LogP contribution in [0.3, 0.4) is 0 Å². The summed E-state index contributed by atoms with van der Waals surface area (Å²) in [5, 5.41) is 10.6. The summed E-state index contributed by atoms with van der Waals surface area (Å²) in [7, 11) is 0. The third-order valence-electron chi connectivity index (χ3n) is 4.70. The largest absolute Gasteiger partial charge is 0.380 e. The van der Waals surface area contributed by atoms with Crippen LogP contribution in [-0.4, -0.2) is 25.4 Å². The van der Waals surface area contributed by atoms with Crippen LogP contribution in [0.2, 0.25) is 0 Å². The molecule has 2 heterocycles. The molecule has 3 nitrogen and oxygen atoms in total. The summed E-state index contributed by atoms with van der Waals surface area (Å²) >= 11 is 1.76. The van der Waals surface area contributed by atoms with E-state index in [1.54, 1.807) is 23.9 Å². The van der Waals surface area contributed by atoms with Crippen molar-refractivity contribution in [1.82, 2.24) is 5.32 Å². The molecule has 2 aromatic carbocycles. The minimum Gasteiger partial charge on any atom is -0.380 e. The van der Waals surface area contributed by atoms with Gasteiger partial charge in [0.1, 0.15) is 5.82 Å². The van der Waals surface area contributed by atoms with Crippen molar-refractivity contribution in [3.63, 3.8) is 0 Å². The Balaban J connectivity index is 1.68. The second-order valence-electron chi connectivity index (χ2n) is 6.12. The first-order valence-corrected chi connectivity index (χ1v) is 9.19. The zero-order valence-corrected chi connectivity index (χ0v) is 13.8. The Hall–Kier alpha value is -1.72. The van der Waals surface area contributed by atoms with E-state index in [1.807, 2.05) is 0 Å². The zero-order valence-electron chi connectivity index (χ0n) is 13.0. The molecule has 2 atom stereocenters. The average molecular weight is 329 g/mol. The van der Waals surface area contributed by atoms with E-state index in [4.69, 9.17) is 0 Å². The van der Waals surface area contributed by atoms with Crippen LogP contribution < -0.4 is 16.0 Å². The molecule has 0 aliphatic carbocycles. The Morgan fingerprint density at radius 3 is 2.78 bits per heavy atom. The number of benzene rings is 2. The van der Waals surface area contributed by atoms with E-state index in [-0.39, 0.29) is 5.82 Å². The number of hydrogen-bond acceptors (Lipinski definition) is 4. The Kier molecular flexibility index (Phi) is 3.91. The number of hydrogen-bond donors (Lipinski definition) is 3. The average Bonchev–Trinajstić information content (AvgIpc) is 2.95. The van der Waals surface area contributed by atoms with Crippen molar-refractivity contribution in [3.8, 4) is 0 Å².